The summed E-state index contributed by atoms with van der Waals surface area (Å²) in [5.74, 6) is 0. The molecule has 3 aliphatic heterocycles. The molecule has 0 N–H and O–H groups in total. The molecule has 12 rings (SSSR count). The van der Waals surface area contributed by atoms with Gasteiger partial charge in [0, 0.05) is 56.0 Å². The van der Waals surface area contributed by atoms with E-state index in [1.165, 1.54) is 96.9 Å². The Bertz CT molecular complexity index is 3500. The van der Waals surface area contributed by atoms with E-state index in [1.807, 2.05) is 0 Å². The lowest BCUT2D eigenvalue weighted by Crippen LogP contribution is -2.61. The van der Waals surface area contributed by atoms with E-state index in [1.54, 1.807) is 0 Å². The van der Waals surface area contributed by atoms with Gasteiger partial charge in [0.2, 0.25) is 0 Å². The molecule has 0 amide bonds. The Morgan fingerprint density at radius 3 is 1.66 bits per heavy atom. The molecular formula is C66H72BN3O. The first-order valence-electron chi connectivity index (χ1n) is 26.5. The van der Waals surface area contributed by atoms with Crippen molar-refractivity contribution in [2.24, 2.45) is 0 Å². The van der Waals surface area contributed by atoms with Crippen LogP contribution in [0.1, 0.15) is 150 Å². The summed E-state index contributed by atoms with van der Waals surface area (Å²) in [5.41, 5.74) is 22.1. The second-order valence-corrected chi connectivity index (χ2v) is 26.2. The predicted molar refractivity (Wildman–Crippen MR) is 305 cm³/mol. The molecule has 4 nitrogen and oxygen atoms in total. The van der Waals surface area contributed by atoms with Gasteiger partial charge in [-0.2, -0.15) is 0 Å². The van der Waals surface area contributed by atoms with Crippen LogP contribution >= 0.6 is 0 Å². The number of hydrogen-bond acceptors (Lipinski definition) is 4. The van der Waals surface area contributed by atoms with E-state index in [-0.39, 0.29) is 39.3 Å². The normalized spacial score (nSPS) is 19.7. The van der Waals surface area contributed by atoms with Crippen molar-refractivity contribution < 1.29 is 4.42 Å². The minimum atomic E-state index is -0.164. The Labute approximate surface area is 424 Å². The van der Waals surface area contributed by atoms with Gasteiger partial charge in [0.15, 0.2) is 5.58 Å². The van der Waals surface area contributed by atoms with Gasteiger partial charge in [-0.05, 0) is 140 Å². The molecule has 8 aromatic rings. The van der Waals surface area contributed by atoms with Crippen molar-refractivity contribution >= 4 is 90.5 Å². The Hall–Kier alpha value is -6.20. The molecule has 0 bridgehead atoms. The van der Waals surface area contributed by atoms with Crippen LogP contribution in [-0.2, 0) is 27.1 Å². The fourth-order valence-corrected chi connectivity index (χ4v) is 13.2. The summed E-state index contributed by atoms with van der Waals surface area (Å²) < 4.78 is 7.05. The monoisotopic (exact) mass is 934 g/mol. The summed E-state index contributed by atoms with van der Waals surface area (Å²) in [4.78, 5) is 8.06. The molecule has 1 aliphatic carbocycles. The smallest absolute Gasteiger partial charge is 0.252 e. The van der Waals surface area contributed by atoms with Gasteiger partial charge >= 0.3 is 0 Å². The van der Waals surface area contributed by atoms with Crippen molar-refractivity contribution in [2.45, 2.75) is 155 Å². The summed E-state index contributed by atoms with van der Waals surface area (Å²) in [7, 11) is 0. The lowest BCUT2D eigenvalue weighted by atomic mass is 9.33. The standard InChI is InChI=1S/C66H72BN3O/c1-61(2,3)41-21-19-22-45(35-41)68-54-37-43(63(7,8)9)27-30-50(54)67-51-31-28-44(64(10,11)12)38-55(51)69(53-25-20-24-48-47-23-15-16-26-58(47)71-60(48)53)57-40-46(39-56(68)59(57)67)70-52-32-29-42(62(4,5)6)36-49(52)65(13)33-17-18-34-66(65,70)14/h15-16,19-32,35-40H,17-18,33-34H2,1-14H3. The van der Waals surface area contributed by atoms with E-state index in [0.717, 1.165) is 40.5 Å². The lowest BCUT2D eigenvalue weighted by Gasteiger charge is -2.51. The average Bonchev–Trinajstić information content (AvgIpc) is 3.80. The zero-order valence-corrected chi connectivity index (χ0v) is 44.9. The number of benzene rings is 7. The largest absolute Gasteiger partial charge is 0.454 e. The molecule has 360 valence electrons. The minimum absolute atomic E-state index is 0.0222. The molecule has 2 unspecified atom stereocenters. The van der Waals surface area contributed by atoms with Gasteiger partial charge < -0.3 is 19.1 Å². The second kappa shape index (κ2) is 15.2. The maximum atomic E-state index is 7.05. The second-order valence-electron chi connectivity index (χ2n) is 26.2. The Balaban J connectivity index is 1.24. The number of fused-ring (bicyclic) bond motifs is 10. The van der Waals surface area contributed by atoms with Gasteiger partial charge in [-0.3, -0.25) is 0 Å². The molecule has 7 aromatic carbocycles. The third-order valence-electron chi connectivity index (χ3n) is 17.6. The Morgan fingerprint density at radius 1 is 0.451 bits per heavy atom. The molecule has 4 aliphatic rings. The van der Waals surface area contributed by atoms with E-state index in [2.05, 4.69) is 245 Å². The van der Waals surface area contributed by atoms with Crippen molar-refractivity contribution in [1.82, 2.24) is 0 Å². The first-order chi connectivity index (χ1) is 33.5. The molecule has 1 saturated carbocycles. The van der Waals surface area contributed by atoms with Gasteiger partial charge in [0.05, 0.1) is 11.2 Å². The number of para-hydroxylation sites is 2. The van der Waals surface area contributed by atoms with E-state index in [4.69, 9.17) is 4.42 Å². The Kier molecular flexibility index (Phi) is 9.81. The Morgan fingerprint density at radius 2 is 1.00 bits per heavy atom. The average molecular weight is 934 g/mol. The number of furan rings is 1. The van der Waals surface area contributed by atoms with E-state index < -0.39 is 0 Å². The van der Waals surface area contributed by atoms with Crippen molar-refractivity contribution in [3.05, 3.63) is 161 Å². The van der Waals surface area contributed by atoms with Gasteiger partial charge in [-0.15, -0.1) is 0 Å². The number of nitrogens with zero attached hydrogens (tertiary/aromatic N) is 3. The van der Waals surface area contributed by atoms with Crippen LogP contribution in [0.15, 0.2) is 138 Å². The van der Waals surface area contributed by atoms with Gasteiger partial charge in [-0.25, -0.2) is 0 Å². The molecule has 2 atom stereocenters. The maximum Gasteiger partial charge on any atom is 0.252 e. The molecule has 1 aromatic heterocycles. The topological polar surface area (TPSA) is 22.9 Å². The van der Waals surface area contributed by atoms with Crippen molar-refractivity contribution in [2.75, 3.05) is 14.7 Å². The van der Waals surface area contributed by atoms with Gasteiger partial charge in [-0.1, -0.05) is 182 Å². The first kappa shape index (κ1) is 45.9. The fraction of sp³-hybridized carbons (Fsp3) is 0.364. The fourth-order valence-electron chi connectivity index (χ4n) is 13.2. The highest BCUT2D eigenvalue weighted by atomic mass is 16.3. The SMILES string of the molecule is CC(C)(C)c1cccc(N2c3cc(C(C)(C)C)ccc3B3c4ccc(C(C)(C)C)cc4N(c4cccc5c4oc4ccccc45)c4cc(N5c6ccc(C(C)(C)C)cc6C6(C)CCCCC56C)cc2c43)c1. The third kappa shape index (κ3) is 6.77. The molecule has 4 heterocycles. The highest BCUT2D eigenvalue weighted by Crippen LogP contribution is 2.62. The number of rotatable bonds is 3. The third-order valence-corrected chi connectivity index (χ3v) is 17.6. The highest BCUT2D eigenvalue weighted by Gasteiger charge is 2.58. The van der Waals surface area contributed by atoms with Crippen LogP contribution in [0.25, 0.3) is 21.9 Å². The first-order valence-corrected chi connectivity index (χ1v) is 26.5. The van der Waals surface area contributed by atoms with Crippen molar-refractivity contribution in [1.29, 1.82) is 0 Å². The predicted octanol–water partition coefficient (Wildman–Crippen LogP) is 16.6. The quantitative estimate of drug-likeness (QED) is 0.165. The lowest BCUT2D eigenvalue weighted by molar-refractivity contribution is 0.195. The highest BCUT2D eigenvalue weighted by molar-refractivity contribution is 7.00. The molecule has 0 spiro atoms. The minimum Gasteiger partial charge on any atom is -0.454 e. The van der Waals surface area contributed by atoms with E-state index in [9.17, 15) is 0 Å². The molecule has 1 fully saturated rings. The maximum absolute atomic E-state index is 7.05. The van der Waals surface area contributed by atoms with E-state index >= 15 is 0 Å². The summed E-state index contributed by atoms with van der Waals surface area (Å²) in [6.07, 6.45) is 4.73. The summed E-state index contributed by atoms with van der Waals surface area (Å²) >= 11 is 0. The van der Waals surface area contributed by atoms with Crippen molar-refractivity contribution in [3.63, 3.8) is 0 Å². The molecule has 0 radical (unpaired) electrons. The molecule has 0 saturated heterocycles. The van der Waals surface area contributed by atoms with Gasteiger partial charge in [0.1, 0.15) is 5.58 Å². The number of anilines is 8. The van der Waals surface area contributed by atoms with Crippen molar-refractivity contribution in [3.8, 4) is 0 Å². The van der Waals surface area contributed by atoms with Crippen LogP contribution in [0.4, 0.5) is 45.5 Å². The molecular weight excluding hydrogens is 862 g/mol. The van der Waals surface area contributed by atoms with Crippen LogP contribution in [0.5, 0.6) is 0 Å². The summed E-state index contributed by atoms with van der Waals surface area (Å²) in [6, 6.07) is 52.2. The van der Waals surface area contributed by atoms with Crippen LogP contribution < -0.4 is 31.1 Å². The summed E-state index contributed by atoms with van der Waals surface area (Å²) in [6.45, 7) is 33.3. The van der Waals surface area contributed by atoms with Crippen LogP contribution in [-0.4, -0.2) is 12.3 Å². The zero-order valence-electron chi connectivity index (χ0n) is 44.9. The van der Waals surface area contributed by atoms with Crippen LogP contribution in [0.3, 0.4) is 0 Å². The van der Waals surface area contributed by atoms with Crippen LogP contribution in [0.2, 0.25) is 0 Å². The molecule has 71 heavy (non-hydrogen) atoms. The number of hydrogen-bond donors (Lipinski definition) is 0. The molecule has 5 heteroatoms. The zero-order chi connectivity index (χ0) is 49.9. The van der Waals surface area contributed by atoms with Gasteiger partial charge in [0.25, 0.3) is 6.71 Å². The summed E-state index contributed by atoms with van der Waals surface area (Å²) in [5, 5.41) is 2.27. The van der Waals surface area contributed by atoms with E-state index in [0.29, 0.717) is 0 Å². The van der Waals surface area contributed by atoms with Crippen LogP contribution in [0, 0.1) is 0 Å².